The third kappa shape index (κ3) is 52.4. The normalized spacial score (nSPS) is 25.1. The fourth-order valence-electron chi connectivity index (χ4n) is 15.2. The molecule has 0 aromatic rings. The molecule has 17 unspecified atom stereocenters. The zero-order valence-corrected chi connectivity index (χ0v) is 72.0. The number of allylic oxidation sites excluding steroid dienone is 17. The molecular weight excluding hydrogens is 1460 g/mol. The van der Waals surface area contributed by atoms with Crippen molar-refractivity contribution in [1.82, 2.24) is 5.32 Å². The van der Waals surface area contributed by atoms with E-state index in [1.807, 2.05) is 6.08 Å². The first-order valence-corrected chi connectivity index (χ1v) is 46.6. The lowest BCUT2D eigenvalue weighted by Gasteiger charge is -2.48. The van der Waals surface area contributed by atoms with Gasteiger partial charge in [0.15, 0.2) is 18.9 Å². The highest BCUT2D eigenvalue weighted by molar-refractivity contribution is 5.76. The van der Waals surface area contributed by atoms with Crippen LogP contribution in [0.3, 0.4) is 0 Å². The molecule has 12 N–H and O–H groups in total. The van der Waals surface area contributed by atoms with Crippen LogP contribution in [0.15, 0.2) is 109 Å². The molecule has 0 saturated carbocycles. The summed E-state index contributed by atoms with van der Waals surface area (Å²) in [5.74, 6) is -0.275. The molecule has 0 bridgehead atoms. The van der Waals surface area contributed by atoms with Gasteiger partial charge >= 0.3 is 0 Å². The van der Waals surface area contributed by atoms with Crippen molar-refractivity contribution in [3.05, 3.63) is 109 Å². The Labute approximate surface area is 697 Å². The van der Waals surface area contributed by atoms with Crippen LogP contribution in [0.4, 0.5) is 0 Å². The molecule has 1 amide bonds. The van der Waals surface area contributed by atoms with E-state index in [1.54, 1.807) is 6.08 Å². The molecule has 115 heavy (non-hydrogen) atoms. The number of nitrogens with one attached hydrogen (secondary N) is 1. The maximum atomic E-state index is 13.5. The predicted molar refractivity (Wildman–Crippen MR) is 466 cm³/mol. The number of ether oxygens (including phenoxy) is 6. The quantitative estimate of drug-likeness (QED) is 0.0199. The van der Waals surface area contributed by atoms with E-state index in [1.165, 1.54) is 231 Å². The average Bonchev–Trinajstić information content (AvgIpc) is 0.779. The molecule has 3 aliphatic rings. The van der Waals surface area contributed by atoms with Crippen molar-refractivity contribution < 1.29 is 89.4 Å². The lowest BCUT2D eigenvalue weighted by Crippen LogP contribution is -2.66. The number of hydrogen-bond acceptors (Lipinski definition) is 18. The monoisotopic (exact) mass is 1620 g/mol. The first kappa shape index (κ1) is 106. The second-order valence-corrected chi connectivity index (χ2v) is 32.7. The summed E-state index contributed by atoms with van der Waals surface area (Å²) in [6.45, 7) is 1.67. The van der Waals surface area contributed by atoms with E-state index in [4.69, 9.17) is 28.4 Å². The zero-order valence-electron chi connectivity index (χ0n) is 72.0. The van der Waals surface area contributed by atoms with Crippen molar-refractivity contribution in [2.24, 2.45) is 0 Å². The van der Waals surface area contributed by atoms with Crippen LogP contribution in [-0.2, 0) is 33.2 Å². The topological polar surface area (TPSA) is 307 Å². The van der Waals surface area contributed by atoms with E-state index in [0.29, 0.717) is 6.42 Å². The van der Waals surface area contributed by atoms with Crippen LogP contribution in [0.5, 0.6) is 0 Å². The molecule has 3 aliphatic heterocycles. The molecular formula is C96H169NO18. The first-order chi connectivity index (χ1) is 56.3. The Bertz CT molecular complexity index is 2500. The Balaban J connectivity index is 1.32. The highest BCUT2D eigenvalue weighted by Crippen LogP contribution is 2.34. The van der Waals surface area contributed by atoms with Crippen molar-refractivity contribution in [2.45, 2.75) is 465 Å². The number of carbonyl (C=O) groups is 1. The minimum Gasteiger partial charge on any atom is -0.394 e. The lowest BCUT2D eigenvalue weighted by atomic mass is 9.96. The molecule has 666 valence electrons. The van der Waals surface area contributed by atoms with Gasteiger partial charge in [0.1, 0.15) is 73.2 Å². The van der Waals surface area contributed by atoms with E-state index >= 15 is 0 Å². The maximum absolute atomic E-state index is 13.5. The molecule has 0 aromatic heterocycles. The van der Waals surface area contributed by atoms with Crippen molar-refractivity contribution >= 4 is 5.91 Å². The maximum Gasteiger partial charge on any atom is 0.220 e. The van der Waals surface area contributed by atoms with E-state index in [9.17, 15) is 61.0 Å². The Morgan fingerprint density at radius 1 is 0.322 bits per heavy atom. The Morgan fingerprint density at radius 3 is 0.939 bits per heavy atom. The number of rotatable bonds is 75. The van der Waals surface area contributed by atoms with Crippen LogP contribution in [0.25, 0.3) is 0 Å². The second-order valence-electron chi connectivity index (χ2n) is 32.7. The summed E-state index contributed by atoms with van der Waals surface area (Å²) in [6.07, 6.45) is 78.1. The van der Waals surface area contributed by atoms with E-state index < -0.39 is 124 Å². The summed E-state index contributed by atoms with van der Waals surface area (Å²) in [6, 6.07) is -0.982. The van der Waals surface area contributed by atoms with Crippen LogP contribution < -0.4 is 5.32 Å². The molecule has 0 spiro atoms. The smallest absolute Gasteiger partial charge is 0.220 e. The summed E-state index contributed by atoms with van der Waals surface area (Å²) < 4.78 is 34.5. The minimum absolute atomic E-state index is 0.238. The van der Waals surface area contributed by atoms with E-state index in [-0.39, 0.29) is 18.9 Å². The molecule has 0 aromatic carbocycles. The summed E-state index contributed by atoms with van der Waals surface area (Å²) in [5.41, 5.74) is 0. The van der Waals surface area contributed by atoms with Gasteiger partial charge in [-0.25, -0.2) is 0 Å². The van der Waals surface area contributed by atoms with Crippen molar-refractivity contribution in [3.63, 3.8) is 0 Å². The summed E-state index contributed by atoms with van der Waals surface area (Å²) in [5, 5.41) is 121. The van der Waals surface area contributed by atoms with Gasteiger partial charge in [0.05, 0.1) is 38.6 Å². The molecule has 3 heterocycles. The Morgan fingerprint density at radius 2 is 0.600 bits per heavy atom. The van der Waals surface area contributed by atoms with Gasteiger partial charge in [0, 0.05) is 6.42 Å². The van der Waals surface area contributed by atoms with Crippen LogP contribution in [0.1, 0.15) is 361 Å². The van der Waals surface area contributed by atoms with Crippen molar-refractivity contribution in [3.8, 4) is 0 Å². The van der Waals surface area contributed by atoms with Gasteiger partial charge in [0.2, 0.25) is 5.91 Å². The van der Waals surface area contributed by atoms with Crippen LogP contribution in [0.2, 0.25) is 0 Å². The van der Waals surface area contributed by atoms with Crippen LogP contribution in [0, 0.1) is 0 Å². The number of carbonyl (C=O) groups excluding carboxylic acids is 1. The van der Waals surface area contributed by atoms with Crippen LogP contribution >= 0.6 is 0 Å². The minimum atomic E-state index is -1.98. The molecule has 3 rings (SSSR count). The number of unbranched alkanes of at least 4 members (excludes halogenated alkanes) is 43. The molecule has 0 aliphatic carbocycles. The molecule has 0 radical (unpaired) electrons. The van der Waals surface area contributed by atoms with Crippen LogP contribution in [-0.4, -0.2) is 193 Å². The largest absolute Gasteiger partial charge is 0.394 e. The van der Waals surface area contributed by atoms with Gasteiger partial charge in [-0.1, -0.05) is 380 Å². The Hall–Kier alpha value is -3.55. The molecule has 19 nitrogen and oxygen atoms in total. The first-order valence-electron chi connectivity index (χ1n) is 46.6. The zero-order chi connectivity index (χ0) is 83.1. The van der Waals surface area contributed by atoms with E-state index in [0.717, 1.165) is 103 Å². The van der Waals surface area contributed by atoms with Crippen molar-refractivity contribution in [1.29, 1.82) is 0 Å². The van der Waals surface area contributed by atoms with Gasteiger partial charge in [-0.05, 0) is 83.5 Å². The third-order valence-electron chi connectivity index (χ3n) is 22.6. The molecule has 3 saturated heterocycles. The lowest BCUT2D eigenvalue weighted by molar-refractivity contribution is -0.379. The number of aliphatic hydroxyl groups excluding tert-OH is 11. The summed E-state index contributed by atoms with van der Waals surface area (Å²) in [7, 11) is 0. The average molecular weight is 1630 g/mol. The van der Waals surface area contributed by atoms with Gasteiger partial charge in [-0.3, -0.25) is 4.79 Å². The predicted octanol–water partition coefficient (Wildman–Crippen LogP) is 18.4. The fourth-order valence-corrected chi connectivity index (χ4v) is 15.2. The van der Waals surface area contributed by atoms with Gasteiger partial charge in [-0.2, -0.15) is 0 Å². The fraction of sp³-hybridized carbons (Fsp3) is 0.802. The van der Waals surface area contributed by atoms with E-state index in [2.05, 4.69) is 116 Å². The third-order valence-corrected chi connectivity index (χ3v) is 22.6. The number of hydrogen-bond donors (Lipinski definition) is 12. The molecule has 17 atom stereocenters. The second kappa shape index (κ2) is 74.3. The number of aliphatic hydroxyl groups is 11. The molecule has 3 fully saturated rings. The van der Waals surface area contributed by atoms with Gasteiger partial charge in [0.25, 0.3) is 0 Å². The summed E-state index contributed by atoms with van der Waals surface area (Å²) in [4.78, 5) is 13.5. The Kier molecular flexibility index (Phi) is 68.2. The number of amides is 1. The van der Waals surface area contributed by atoms with Gasteiger partial charge in [-0.15, -0.1) is 0 Å². The summed E-state index contributed by atoms with van der Waals surface area (Å²) >= 11 is 0. The van der Waals surface area contributed by atoms with Crippen molar-refractivity contribution in [2.75, 3.05) is 26.4 Å². The highest BCUT2D eigenvalue weighted by Gasteiger charge is 2.54. The standard InChI is InChI=1S/C96H169NO18/c1-3-5-7-9-11-13-15-17-19-21-23-25-27-29-31-33-35-36-37-38-39-40-41-42-44-46-48-50-52-54-56-58-60-62-64-66-68-70-72-74-84(102)97-79(80(101)73-71-69-67-65-63-61-59-57-55-53-51-49-47-45-43-34-32-30-28-26-24-22-20-18-16-14-12-10-8-6-4-2)78-110-94-90(108)87(105)92(82(76-99)112-94)115-96-91(109)88(106)93(83(77-100)113-96)114-95-89(107)86(104)85(103)81(75-98)111-95/h5,7,11,13,17,19,23,25,29,31,35-36,38-39,41-42,71,73,79-83,85-96,98-101,103-109H,3-4,6,8-10,12,14-16,18,20-22,24,26-28,30,32-34,37,40,43-70,72,74-78H2,1-2H3,(H,97,102)/b7-5-,13-11-,19-17-,25-23-,31-29-,36-35-,39-38-,42-41-,73-71+. The molecule has 19 heteroatoms. The van der Waals surface area contributed by atoms with Gasteiger partial charge < -0.3 is 89.9 Å². The highest BCUT2D eigenvalue weighted by atomic mass is 16.8. The SMILES string of the molecule is CC/C=C\C/C=C\C/C=C\C/C=C\C/C=C\C/C=C\C/C=C\C/C=C\CCCCCCCCCCCCCCCCC(=O)NC(COC1OC(CO)C(OC2OC(CO)C(OC3OC(CO)C(O)C(O)C3O)C(O)C2O)C(O)C1O)C(O)/C=C/CCCCCCCCCCCCCCCCCCCCCCCCCCCCCCC.